The van der Waals surface area contributed by atoms with Crippen LogP contribution in [0.2, 0.25) is 0 Å². The van der Waals surface area contributed by atoms with Crippen molar-refractivity contribution < 1.29 is 4.79 Å². The molecule has 1 unspecified atom stereocenters. The van der Waals surface area contributed by atoms with Crippen molar-refractivity contribution in [2.45, 2.75) is 82.3 Å². The molecule has 2 bridgehead atoms. The lowest BCUT2D eigenvalue weighted by molar-refractivity contribution is 0.0602. The lowest BCUT2D eigenvalue weighted by Gasteiger charge is -2.45. The summed E-state index contributed by atoms with van der Waals surface area (Å²) >= 11 is 0. The highest BCUT2D eigenvalue weighted by Gasteiger charge is 2.44. The van der Waals surface area contributed by atoms with E-state index < -0.39 is 0 Å². The van der Waals surface area contributed by atoms with Gasteiger partial charge in [-0.3, -0.25) is 14.8 Å². The van der Waals surface area contributed by atoms with Crippen molar-refractivity contribution in [2.24, 2.45) is 0 Å². The van der Waals surface area contributed by atoms with Crippen LogP contribution in [0, 0.1) is 13.8 Å². The van der Waals surface area contributed by atoms with Crippen LogP contribution in [0.3, 0.4) is 0 Å². The third-order valence-corrected chi connectivity index (χ3v) is 10.2. The maximum atomic E-state index is 13.1. The van der Waals surface area contributed by atoms with Gasteiger partial charge in [-0.1, -0.05) is 42.5 Å². The molecule has 7 nitrogen and oxygen atoms in total. The number of nitrogens with zero attached hydrogens (tertiary/aromatic N) is 5. The van der Waals surface area contributed by atoms with E-state index in [0.717, 1.165) is 55.9 Å². The van der Waals surface area contributed by atoms with Crippen LogP contribution in [0.5, 0.6) is 0 Å². The molecule has 3 saturated heterocycles. The van der Waals surface area contributed by atoms with Crippen molar-refractivity contribution in [3.05, 3.63) is 83.4 Å². The number of carbonyl (C=O) groups is 1. The van der Waals surface area contributed by atoms with Gasteiger partial charge in [0.15, 0.2) is 0 Å². The summed E-state index contributed by atoms with van der Waals surface area (Å²) in [6.07, 6.45) is 8.16. The molecule has 2 aromatic heterocycles. The number of amides is 1. The zero-order valence-corrected chi connectivity index (χ0v) is 23.7. The highest BCUT2D eigenvalue weighted by atomic mass is 16.2. The van der Waals surface area contributed by atoms with Gasteiger partial charge < -0.3 is 9.47 Å². The minimum atomic E-state index is 0.0495. The number of likely N-dealkylation sites (tertiary alicyclic amines) is 1. The zero-order chi connectivity index (χ0) is 27.3. The number of imidazole rings is 1. The monoisotopic (exact) mass is 536 g/mol. The molecular formula is C33H40N6O. The summed E-state index contributed by atoms with van der Waals surface area (Å²) in [6, 6.07) is 23.4. The summed E-state index contributed by atoms with van der Waals surface area (Å²) < 4.78 is 2.52. The van der Waals surface area contributed by atoms with Crippen LogP contribution in [-0.2, 0) is 5.41 Å². The van der Waals surface area contributed by atoms with E-state index in [1.807, 2.05) is 17.9 Å². The summed E-state index contributed by atoms with van der Waals surface area (Å²) in [5.74, 6) is 1.20. The van der Waals surface area contributed by atoms with E-state index in [2.05, 4.69) is 81.2 Å². The largest absolute Gasteiger partial charge is 0.337 e. The maximum Gasteiger partial charge on any atom is 0.274 e. The van der Waals surface area contributed by atoms with Crippen LogP contribution >= 0.6 is 0 Å². The minimum absolute atomic E-state index is 0.0495. The summed E-state index contributed by atoms with van der Waals surface area (Å²) in [4.78, 5) is 22.8. The second-order valence-corrected chi connectivity index (χ2v) is 12.4. The molecule has 0 saturated carbocycles. The SMILES string of the molecule is Cc1cc(C(=O)N2CCC(CCN3[C@@H]4CC[C@H]3CC(n3c(C)nc5ccccc53)C4)(c3ccccc3)CC2)n[nH]1. The lowest BCUT2D eigenvalue weighted by atomic mass is 9.70. The van der Waals surface area contributed by atoms with E-state index >= 15 is 0 Å². The minimum Gasteiger partial charge on any atom is -0.337 e. The Morgan fingerprint density at radius 1 is 0.950 bits per heavy atom. The van der Waals surface area contributed by atoms with Crippen LogP contribution in [-0.4, -0.2) is 67.2 Å². The summed E-state index contributed by atoms with van der Waals surface area (Å²) in [5.41, 5.74) is 5.39. The highest BCUT2D eigenvalue weighted by Crippen LogP contribution is 2.45. The number of para-hydroxylation sites is 2. The molecule has 40 heavy (non-hydrogen) atoms. The summed E-state index contributed by atoms with van der Waals surface area (Å²) in [6.45, 7) is 6.80. The van der Waals surface area contributed by atoms with E-state index in [-0.39, 0.29) is 11.3 Å². The first-order valence-electron chi connectivity index (χ1n) is 15.1. The van der Waals surface area contributed by atoms with E-state index in [1.165, 1.54) is 36.8 Å². The number of nitrogens with one attached hydrogen (secondary N) is 1. The third-order valence-electron chi connectivity index (χ3n) is 10.2. The van der Waals surface area contributed by atoms with Crippen LogP contribution < -0.4 is 0 Å². The summed E-state index contributed by atoms with van der Waals surface area (Å²) in [5, 5.41) is 7.14. The number of fused-ring (bicyclic) bond motifs is 3. The Kier molecular flexibility index (Phi) is 6.50. The smallest absolute Gasteiger partial charge is 0.274 e. The molecule has 2 aromatic carbocycles. The first-order chi connectivity index (χ1) is 19.5. The van der Waals surface area contributed by atoms with Gasteiger partial charge in [0.2, 0.25) is 0 Å². The predicted molar refractivity (Wildman–Crippen MR) is 157 cm³/mol. The van der Waals surface area contributed by atoms with Crippen molar-refractivity contribution >= 4 is 16.9 Å². The van der Waals surface area contributed by atoms with Crippen molar-refractivity contribution in [1.82, 2.24) is 29.5 Å². The molecule has 5 heterocycles. The molecule has 3 aliphatic rings. The average Bonchev–Trinajstić information content (AvgIpc) is 3.64. The van der Waals surface area contributed by atoms with Crippen LogP contribution in [0.4, 0.5) is 0 Å². The van der Waals surface area contributed by atoms with Gasteiger partial charge in [-0.15, -0.1) is 0 Å². The maximum absolute atomic E-state index is 13.1. The first kappa shape index (κ1) is 25.5. The lowest BCUT2D eigenvalue weighted by Crippen LogP contribution is -2.49. The van der Waals surface area contributed by atoms with Gasteiger partial charge in [0.25, 0.3) is 5.91 Å². The molecule has 3 aliphatic heterocycles. The number of hydrogen-bond acceptors (Lipinski definition) is 4. The van der Waals surface area contributed by atoms with Gasteiger partial charge in [0.05, 0.1) is 11.0 Å². The molecule has 7 rings (SSSR count). The van der Waals surface area contributed by atoms with E-state index in [9.17, 15) is 4.79 Å². The van der Waals surface area contributed by atoms with E-state index in [4.69, 9.17) is 4.98 Å². The Morgan fingerprint density at radius 2 is 1.65 bits per heavy atom. The number of rotatable bonds is 6. The number of benzene rings is 2. The second kappa shape index (κ2) is 10.2. The average molecular weight is 537 g/mol. The normalized spacial score (nSPS) is 24.6. The summed E-state index contributed by atoms with van der Waals surface area (Å²) in [7, 11) is 0. The van der Waals surface area contributed by atoms with Gasteiger partial charge in [-0.05, 0) is 94.5 Å². The Hall–Kier alpha value is -3.45. The van der Waals surface area contributed by atoms with Crippen molar-refractivity contribution in [3.8, 4) is 0 Å². The molecule has 1 N–H and O–H groups in total. The van der Waals surface area contributed by atoms with Gasteiger partial charge >= 0.3 is 0 Å². The highest BCUT2D eigenvalue weighted by molar-refractivity contribution is 5.92. The third kappa shape index (κ3) is 4.44. The number of aromatic amines is 1. The second-order valence-electron chi connectivity index (χ2n) is 12.4. The number of carbonyl (C=O) groups excluding carboxylic acids is 1. The van der Waals surface area contributed by atoms with Crippen molar-refractivity contribution in [2.75, 3.05) is 19.6 Å². The van der Waals surface area contributed by atoms with Crippen LogP contribution in [0.15, 0.2) is 60.7 Å². The molecule has 208 valence electrons. The van der Waals surface area contributed by atoms with Gasteiger partial charge in [0.1, 0.15) is 11.5 Å². The fraction of sp³-hybridized carbons (Fsp3) is 0.485. The number of H-pyrrole nitrogens is 1. The molecule has 3 fully saturated rings. The molecule has 4 aromatic rings. The fourth-order valence-corrected chi connectivity index (χ4v) is 8.09. The Labute approximate surface area is 236 Å². The molecular weight excluding hydrogens is 496 g/mol. The molecule has 0 aliphatic carbocycles. The molecule has 7 heteroatoms. The van der Waals surface area contributed by atoms with Crippen LogP contribution in [0.25, 0.3) is 11.0 Å². The number of hydrogen-bond donors (Lipinski definition) is 1. The number of piperidine rings is 2. The number of aromatic nitrogens is 4. The van der Waals surface area contributed by atoms with E-state index in [1.54, 1.807) is 0 Å². The standard InChI is InChI=1S/C33H40N6O/c1-23-20-30(36-35-23)32(40)37-17-14-33(15-18-37,25-8-4-3-5-9-25)16-19-38-26-12-13-27(38)22-28(21-26)39-24(2)34-29-10-6-7-11-31(29)39/h3-11,20,26-28H,12-19,21-22H2,1-2H3,(H,35,36)/t26-,27+,28?. The fourth-order valence-electron chi connectivity index (χ4n) is 8.09. The number of aryl methyl sites for hydroxylation is 2. The van der Waals surface area contributed by atoms with E-state index in [0.29, 0.717) is 23.8 Å². The quantitative estimate of drug-likeness (QED) is 0.338. The van der Waals surface area contributed by atoms with Gasteiger partial charge in [-0.25, -0.2) is 4.98 Å². The van der Waals surface area contributed by atoms with Crippen molar-refractivity contribution in [3.63, 3.8) is 0 Å². The Bertz CT molecular complexity index is 1480. The predicted octanol–water partition coefficient (Wildman–Crippen LogP) is 5.81. The first-order valence-corrected chi connectivity index (χ1v) is 15.1. The topological polar surface area (TPSA) is 70.1 Å². The van der Waals surface area contributed by atoms with Crippen molar-refractivity contribution in [1.29, 1.82) is 0 Å². The van der Waals surface area contributed by atoms with Gasteiger partial charge in [-0.2, -0.15) is 5.10 Å². The molecule has 3 atom stereocenters. The van der Waals surface area contributed by atoms with Gasteiger partial charge in [0, 0.05) is 36.9 Å². The Morgan fingerprint density at radius 3 is 2.35 bits per heavy atom. The Balaban J connectivity index is 1.06. The van der Waals surface area contributed by atoms with Crippen LogP contribution in [0.1, 0.15) is 78.6 Å². The molecule has 0 radical (unpaired) electrons. The zero-order valence-electron chi connectivity index (χ0n) is 23.7. The molecule has 1 amide bonds. The molecule has 0 spiro atoms.